The molecule has 2 aliphatic heterocycles. The predicted octanol–water partition coefficient (Wildman–Crippen LogP) is 1.24. The van der Waals surface area contributed by atoms with Crippen LogP contribution in [-0.2, 0) is 26.1 Å². The Morgan fingerprint density at radius 2 is 1.97 bits per heavy atom. The normalized spacial score (nSPS) is 21.1. The monoisotopic (exact) mass is 421 g/mol. The molecule has 2 fully saturated rings. The highest BCUT2D eigenvalue weighted by atomic mass is 32.2. The number of hydrogen-bond acceptors (Lipinski definition) is 6. The number of amides is 1. The van der Waals surface area contributed by atoms with E-state index in [-0.39, 0.29) is 10.8 Å². The molecule has 1 unspecified atom stereocenters. The summed E-state index contributed by atoms with van der Waals surface area (Å²) in [6, 6.07) is 4.23. The number of likely N-dealkylation sites (tertiary alicyclic amines) is 1. The van der Waals surface area contributed by atoms with Crippen LogP contribution in [0.4, 0.5) is 0 Å². The summed E-state index contributed by atoms with van der Waals surface area (Å²) in [7, 11) is -2.17. The molecule has 10 heteroatoms. The van der Waals surface area contributed by atoms with Crippen molar-refractivity contribution in [1.82, 2.24) is 24.2 Å². The third-order valence-corrected chi connectivity index (χ3v) is 7.66. The van der Waals surface area contributed by atoms with Crippen molar-refractivity contribution in [3.05, 3.63) is 18.2 Å². The molecule has 1 atom stereocenters. The summed E-state index contributed by atoms with van der Waals surface area (Å²) in [5.41, 5.74) is 1.27. The highest BCUT2D eigenvalue weighted by Crippen LogP contribution is 2.29. The molecule has 2 aromatic rings. The van der Waals surface area contributed by atoms with Gasteiger partial charge in [-0.15, -0.1) is 5.10 Å². The second kappa shape index (κ2) is 8.37. The molecule has 0 N–H and O–H groups in total. The first-order chi connectivity index (χ1) is 14.0. The van der Waals surface area contributed by atoms with Gasteiger partial charge in [0.15, 0.2) is 0 Å². The van der Waals surface area contributed by atoms with E-state index in [4.69, 9.17) is 4.74 Å². The summed E-state index contributed by atoms with van der Waals surface area (Å²) in [5, 5.41) is 8.17. The van der Waals surface area contributed by atoms with E-state index in [0.717, 1.165) is 37.9 Å². The number of fused-ring (bicyclic) bond motifs is 1. The number of ether oxygens (including phenoxy) is 1. The van der Waals surface area contributed by atoms with Crippen LogP contribution in [0.2, 0.25) is 0 Å². The minimum Gasteiger partial charge on any atom is -0.383 e. The lowest BCUT2D eigenvalue weighted by molar-refractivity contribution is -0.135. The van der Waals surface area contributed by atoms with Gasteiger partial charge >= 0.3 is 0 Å². The zero-order chi connectivity index (χ0) is 20.4. The Balaban J connectivity index is 1.59. The summed E-state index contributed by atoms with van der Waals surface area (Å²) in [4.78, 5) is 15.0. The Labute approximate surface area is 170 Å². The van der Waals surface area contributed by atoms with Crippen LogP contribution in [0.1, 0.15) is 32.1 Å². The molecular formula is C19H27N5O4S. The fourth-order valence-corrected chi connectivity index (χ4v) is 5.86. The van der Waals surface area contributed by atoms with E-state index in [1.807, 2.05) is 4.90 Å². The lowest BCUT2D eigenvalue weighted by atomic mass is 10.1. The minimum atomic E-state index is -3.79. The molecule has 1 aromatic heterocycles. The van der Waals surface area contributed by atoms with Gasteiger partial charge in [0.05, 0.1) is 23.6 Å². The molecule has 0 radical (unpaired) electrons. The van der Waals surface area contributed by atoms with Crippen molar-refractivity contribution >= 4 is 27.0 Å². The zero-order valence-electron chi connectivity index (χ0n) is 16.7. The quantitative estimate of drug-likeness (QED) is 0.696. The maximum absolute atomic E-state index is 13.3. The topological polar surface area (TPSA) is 97.6 Å². The number of benzene rings is 1. The van der Waals surface area contributed by atoms with Crippen LogP contribution in [0.5, 0.6) is 0 Å². The number of carbonyl (C=O) groups excluding carboxylic acids is 1. The molecule has 0 saturated carbocycles. The van der Waals surface area contributed by atoms with Gasteiger partial charge in [0.25, 0.3) is 0 Å². The third-order valence-electron chi connectivity index (χ3n) is 5.76. The first-order valence-electron chi connectivity index (χ1n) is 10.1. The molecule has 158 valence electrons. The predicted molar refractivity (Wildman–Crippen MR) is 107 cm³/mol. The lowest BCUT2D eigenvalue weighted by Gasteiger charge is -2.32. The third kappa shape index (κ3) is 3.88. The molecule has 2 saturated heterocycles. The highest BCUT2D eigenvalue weighted by molar-refractivity contribution is 7.89. The molecule has 1 aromatic carbocycles. The van der Waals surface area contributed by atoms with Crippen molar-refractivity contribution < 1.29 is 17.9 Å². The van der Waals surface area contributed by atoms with Gasteiger partial charge in [0.1, 0.15) is 11.6 Å². The van der Waals surface area contributed by atoms with E-state index in [0.29, 0.717) is 38.1 Å². The average Bonchev–Trinajstić information content (AvgIpc) is 3.39. The second-order valence-corrected chi connectivity index (χ2v) is 9.51. The molecule has 2 aliphatic rings. The number of aromatic nitrogens is 3. The van der Waals surface area contributed by atoms with E-state index in [1.165, 1.54) is 4.31 Å². The molecule has 0 bridgehead atoms. The first kappa shape index (κ1) is 20.2. The van der Waals surface area contributed by atoms with Crippen molar-refractivity contribution in [2.75, 3.05) is 33.4 Å². The number of hydrogen-bond donors (Lipinski definition) is 0. The van der Waals surface area contributed by atoms with E-state index in [9.17, 15) is 13.2 Å². The number of piperidine rings is 1. The Hall–Kier alpha value is -2.04. The Morgan fingerprint density at radius 3 is 2.72 bits per heavy atom. The lowest BCUT2D eigenvalue weighted by Crippen LogP contribution is -2.49. The van der Waals surface area contributed by atoms with Crippen LogP contribution in [0, 0.1) is 0 Å². The van der Waals surface area contributed by atoms with Gasteiger partial charge in [-0.05, 0) is 50.3 Å². The molecule has 0 aliphatic carbocycles. The van der Waals surface area contributed by atoms with Crippen LogP contribution in [0.25, 0.3) is 11.0 Å². The van der Waals surface area contributed by atoms with E-state index < -0.39 is 16.1 Å². The smallest absolute Gasteiger partial charge is 0.243 e. The molecule has 1 amide bonds. The van der Waals surface area contributed by atoms with Gasteiger partial charge in [-0.25, -0.2) is 13.1 Å². The minimum absolute atomic E-state index is 0.0580. The van der Waals surface area contributed by atoms with Crippen molar-refractivity contribution in [1.29, 1.82) is 0 Å². The van der Waals surface area contributed by atoms with E-state index in [1.54, 1.807) is 30.0 Å². The second-order valence-electron chi connectivity index (χ2n) is 7.62. The number of methoxy groups -OCH3 is 1. The summed E-state index contributed by atoms with van der Waals surface area (Å²) >= 11 is 0. The van der Waals surface area contributed by atoms with Crippen LogP contribution < -0.4 is 0 Å². The molecule has 29 heavy (non-hydrogen) atoms. The summed E-state index contributed by atoms with van der Waals surface area (Å²) < 4.78 is 34.8. The van der Waals surface area contributed by atoms with Crippen LogP contribution in [-0.4, -0.2) is 77.9 Å². The van der Waals surface area contributed by atoms with Gasteiger partial charge in [0.2, 0.25) is 15.9 Å². The van der Waals surface area contributed by atoms with Crippen LogP contribution in [0.3, 0.4) is 0 Å². The van der Waals surface area contributed by atoms with Crippen molar-refractivity contribution in [2.45, 2.75) is 49.6 Å². The standard InChI is InChI=1S/C19H27N5O4S/c1-28-13-12-23-17-8-7-15(14-16(17)20-21-23)29(26,27)24-11-5-6-18(24)19(25)22-9-3-2-4-10-22/h7-8,14,18H,2-6,9-13H2,1H3. The summed E-state index contributed by atoms with van der Waals surface area (Å²) in [5.74, 6) is -0.0580. The molecule has 3 heterocycles. The maximum atomic E-state index is 13.3. The van der Waals surface area contributed by atoms with Crippen molar-refractivity contribution in [2.24, 2.45) is 0 Å². The van der Waals surface area contributed by atoms with Crippen LogP contribution in [0.15, 0.2) is 23.1 Å². The average molecular weight is 422 g/mol. The van der Waals surface area contributed by atoms with Gasteiger partial charge < -0.3 is 9.64 Å². The number of carbonyl (C=O) groups is 1. The maximum Gasteiger partial charge on any atom is 0.243 e. The Bertz CT molecular complexity index is 984. The van der Waals surface area contributed by atoms with Gasteiger partial charge in [-0.3, -0.25) is 4.79 Å². The molecular weight excluding hydrogens is 394 g/mol. The molecule has 9 nitrogen and oxygen atoms in total. The Morgan fingerprint density at radius 1 is 1.17 bits per heavy atom. The number of rotatable bonds is 6. The van der Waals surface area contributed by atoms with Crippen molar-refractivity contribution in [3.8, 4) is 0 Å². The SMILES string of the molecule is COCCn1nnc2cc(S(=O)(=O)N3CCCC3C(=O)N3CCCCC3)ccc21. The Kier molecular flexibility index (Phi) is 5.84. The van der Waals surface area contributed by atoms with Crippen LogP contribution >= 0.6 is 0 Å². The summed E-state index contributed by atoms with van der Waals surface area (Å²) in [6.45, 7) is 2.84. The highest BCUT2D eigenvalue weighted by Gasteiger charge is 2.41. The molecule has 4 rings (SSSR count). The first-order valence-corrected chi connectivity index (χ1v) is 11.6. The number of sulfonamides is 1. The number of nitrogens with zero attached hydrogens (tertiary/aromatic N) is 5. The van der Waals surface area contributed by atoms with E-state index >= 15 is 0 Å². The van der Waals surface area contributed by atoms with Gasteiger partial charge in [-0.2, -0.15) is 4.31 Å². The van der Waals surface area contributed by atoms with E-state index in [2.05, 4.69) is 10.3 Å². The van der Waals surface area contributed by atoms with Gasteiger partial charge in [-0.1, -0.05) is 5.21 Å². The van der Waals surface area contributed by atoms with Gasteiger partial charge in [0, 0.05) is 26.7 Å². The zero-order valence-corrected chi connectivity index (χ0v) is 17.5. The molecule has 0 spiro atoms. The fourth-order valence-electron chi connectivity index (χ4n) is 4.19. The largest absolute Gasteiger partial charge is 0.383 e. The van der Waals surface area contributed by atoms with Crippen molar-refractivity contribution in [3.63, 3.8) is 0 Å². The fraction of sp³-hybridized carbons (Fsp3) is 0.632. The summed E-state index contributed by atoms with van der Waals surface area (Å²) in [6.07, 6.45) is 4.37.